The van der Waals surface area contributed by atoms with E-state index in [-0.39, 0.29) is 11.0 Å². The van der Waals surface area contributed by atoms with Crippen LogP contribution in [0.15, 0.2) is 35.4 Å². The molecule has 7 heteroatoms. The number of anilines is 1. The second-order valence-corrected chi connectivity index (χ2v) is 10.1. The van der Waals surface area contributed by atoms with Crippen molar-refractivity contribution in [2.75, 3.05) is 11.9 Å². The lowest BCUT2D eigenvalue weighted by Crippen LogP contribution is -2.24. The molecule has 2 N–H and O–H groups in total. The number of hydrogen-bond acceptors (Lipinski definition) is 6. The molecule has 0 bridgehead atoms. The molecule has 0 aromatic carbocycles. The van der Waals surface area contributed by atoms with Gasteiger partial charge in [0.25, 0.3) is 5.56 Å². The van der Waals surface area contributed by atoms with Gasteiger partial charge in [0.2, 0.25) is 0 Å². The number of nitrogens with zero attached hydrogens (tertiary/aromatic N) is 3. The number of aliphatic hydroxyl groups excluding tert-OH is 1. The first-order chi connectivity index (χ1) is 16.4. The van der Waals surface area contributed by atoms with Gasteiger partial charge in [-0.3, -0.25) is 9.78 Å². The van der Waals surface area contributed by atoms with E-state index < -0.39 is 6.10 Å². The molecule has 3 heterocycles. The zero-order chi connectivity index (χ0) is 23.9. The summed E-state index contributed by atoms with van der Waals surface area (Å²) in [5.74, 6) is 1.21. The van der Waals surface area contributed by atoms with Crippen molar-refractivity contribution in [2.24, 2.45) is 11.3 Å². The Hall–Kier alpha value is -3.06. The topological polar surface area (TPSA) is 97.1 Å². The van der Waals surface area contributed by atoms with Crippen LogP contribution >= 0.6 is 0 Å². The Morgan fingerprint density at radius 3 is 2.65 bits per heavy atom. The Bertz CT molecular complexity index is 1290. The maximum Gasteiger partial charge on any atom is 0.258 e. The summed E-state index contributed by atoms with van der Waals surface area (Å²) in [7, 11) is 0. The highest BCUT2D eigenvalue weighted by Crippen LogP contribution is 2.43. The number of carbonyl (C=O) groups excluding carboxylic acids is 1. The van der Waals surface area contributed by atoms with Crippen molar-refractivity contribution in [3.05, 3.63) is 52.2 Å². The molecule has 2 fully saturated rings. The lowest BCUT2D eigenvalue weighted by Gasteiger charge is -2.16. The summed E-state index contributed by atoms with van der Waals surface area (Å²) in [6.07, 6.45) is 9.60. The predicted molar refractivity (Wildman–Crippen MR) is 133 cm³/mol. The first-order valence-corrected chi connectivity index (χ1v) is 12.3. The fourth-order valence-corrected chi connectivity index (χ4v) is 4.53. The number of rotatable bonds is 10. The van der Waals surface area contributed by atoms with Crippen LogP contribution in [-0.4, -0.2) is 32.5 Å². The Balaban J connectivity index is 1.54. The normalized spacial score (nSPS) is 17.5. The molecule has 2 saturated carbocycles. The predicted octanol–water partition coefficient (Wildman–Crippen LogP) is 4.40. The third kappa shape index (κ3) is 4.49. The van der Waals surface area contributed by atoms with Gasteiger partial charge in [-0.15, -0.1) is 0 Å². The number of nitrogens with one attached hydrogen (secondary N) is 1. The number of aryl methyl sites for hydroxylation is 1. The van der Waals surface area contributed by atoms with Crippen LogP contribution in [-0.2, 0) is 11.3 Å². The smallest absolute Gasteiger partial charge is 0.258 e. The molecule has 1 atom stereocenters. The third-order valence-electron chi connectivity index (χ3n) is 7.21. The van der Waals surface area contributed by atoms with E-state index >= 15 is 0 Å². The molecule has 0 amide bonds. The van der Waals surface area contributed by atoms with Gasteiger partial charge in [-0.2, -0.15) is 0 Å². The molecule has 0 aliphatic heterocycles. The molecule has 3 aromatic rings. The highest BCUT2D eigenvalue weighted by atomic mass is 16.3. The van der Waals surface area contributed by atoms with Crippen LogP contribution in [0.4, 0.5) is 5.82 Å². The summed E-state index contributed by atoms with van der Waals surface area (Å²) in [6.45, 7) is 5.24. The molecule has 178 valence electrons. The lowest BCUT2D eigenvalue weighted by atomic mass is 10.00. The van der Waals surface area contributed by atoms with Crippen LogP contribution in [0.2, 0.25) is 0 Å². The Kier molecular flexibility index (Phi) is 5.98. The average molecular weight is 461 g/mol. The quantitative estimate of drug-likeness (QED) is 0.435. The molecule has 0 unspecified atom stereocenters. The molecule has 34 heavy (non-hydrogen) atoms. The van der Waals surface area contributed by atoms with E-state index in [1.165, 1.54) is 0 Å². The Labute approximate surface area is 199 Å². The van der Waals surface area contributed by atoms with Gasteiger partial charge in [-0.05, 0) is 62.6 Å². The number of aldehydes is 1. The zero-order valence-electron chi connectivity index (χ0n) is 19.9. The van der Waals surface area contributed by atoms with Gasteiger partial charge in [0.1, 0.15) is 12.1 Å². The molecule has 0 spiro atoms. The number of carbonyl (C=O) groups is 1. The van der Waals surface area contributed by atoms with Gasteiger partial charge in [-0.25, -0.2) is 4.98 Å². The minimum absolute atomic E-state index is 0.0325. The molecule has 5 rings (SSSR count). The van der Waals surface area contributed by atoms with Crippen LogP contribution in [0, 0.1) is 18.3 Å². The second kappa shape index (κ2) is 8.95. The van der Waals surface area contributed by atoms with Crippen molar-refractivity contribution in [1.29, 1.82) is 0 Å². The van der Waals surface area contributed by atoms with Gasteiger partial charge >= 0.3 is 0 Å². The van der Waals surface area contributed by atoms with Crippen molar-refractivity contribution in [2.45, 2.75) is 65.0 Å². The molecular formula is C27H32N4O3. The van der Waals surface area contributed by atoms with Gasteiger partial charge in [-0.1, -0.05) is 13.3 Å². The van der Waals surface area contributed by atoms with Crippen LogP contribution < -0.4 is 10.9 Å². The third-order valence-corrected chi connectivity index (χ3v) is 7.21. The van der Waals surface area contributed by atoms with E-state index in [4.69, 9.17) is 0 Å². The van der Waals surface area contributed by atoms with Crippen molar-refractivity contribution in [1.82, 2.24) is 14.5 Å². The van der Waals surface area contributed by atoms with E-state index in [1.54, 1.807) is 12.4 Å². The average Bonchev–Trinajstić information content (AvgIpc) is 3.76. The van der Waals surface area contributed by atoms with Gasteiger partial charge in [0.05, 0.1) is 17.3 Å². The van der Waals surface area contributed by atoms with Crippen LogP contribution in [0.25, 0.3) is 22.0 Å². The van der Waals surface area contributed by atoms with Crippen LogP contribution in [0.1, 0.15) is 62.8 Å². The summed E-state index contributed by atoms with van der Waals surface area (Å²) < 4.78 is 1.88. The molecule has 2 aliphatic carbocycles. The summed E-state index contributed by atoms with van der Waals surface area (Å²) in [5.41, 5.74) is 3.52. The van der Waals surface area contributed by atoms with Crippen molar-refractivity contribution in [3.8, 4) is 11.1 Å². The maximum atomic E-state index is 13.7. The van der Waals surface area contributed by atoms with E-state index in [2.05, 4.69) is 15.3 Å². The first kappa shape index (κ1) is 22.7. The molecule has 0 radical (unpaired) electrons. The lowest BCUT2D eigenvalue weighted by molar-refractivity contribution is -0.111. The van der Waals surface area contributed by atoms with E-state index in [1.807, 2.05) is 36.6 Å². The summed E-state index contributed by atoms with van der Waals surface area (Å²) in [4.78, 5) is 34.1. The zero-order valence-corrected chi connectivity index (χ0v) is 19.9. The fraction of sp³-hybridized carbons (Fsp3) is 0.481. The van der Waals surface area contributed by atoms with E-state index in [0.717, 1.165) is 60.4 Å². The molecule has 2 aliphatic rings. The minimum Gasteiger partial charge on any atom is -0.387 e. The Morgan fingerprint density at radius 2 is 2.00 bits per heavy atom. The molecule has 0 saturated heterocycles. The van der Waals surface area contributed by atoms with Gasteiger partial charge in [0.15, 0.2) is 0 Å². The van der Waals surface area contributed by atoms with Gasteiger partial charge in [0, 0.05) is 53.5 Å². The maximum absolute atomic E-state index is 13.7. The van der Waals surface area contributed by atoms with Crippen molar-refractivity contribution in [3.63, 3.8) is 0 Å². The first-order valence-electron chi connectivity index (χ1n) is 12.3. The van der Waals surface area contributed by atoms with Crippen molar-refractivity contribution < 1.29 is 9.90 Å². The number of aliphatic hydroxyl groups is 1. The van der Waals surface area contributed by atoms with Gasteiger partial charge < -0.3 is 19.8 Å². The molecule has 7 nitrogen and oxygen atoms in total. The number of hydrogen-bond donors (Lipinski definition) is 2. The van der Waals surface area contributed by atoms with E-state index in [0.29, 0.717) is 42.5 Å². The second-order valence-electron chi connectivity index (χ2n) is 10.1. The Morgan fingerprint density at radius 1 is 1.21 bits per heavy atom. The van der Waals surface area contributed by atoms with Crippen molar-refractivity contribution >= 4 is 23.0 Å². The number of pyridine rings is 3. The molecule has 3 aromatic heterocycles. The fourth-order valence-electron chi connectivity index (χ4n) is 4.53. The summed E-state index contributed by atoms with van der Waals surface area (Å²) >= 11 is 0. The molecular weight excluding hydrogens is 428 g/mol. The highest BCUT2D eigenvalue weighted by Gasteiger charge is 2.42. The number of aromatic nitrogens is 3. The standard InChI is InChI=1S/C27H32N4O3/c1-3-4-24(33)22-9-17(2)21(13-28-22)20-10-19-12-29-25(30-15-27(16-32)7-8-27)11-23(19)31(26(20)34)14-18-5-6-18/h9-13,16,18,24,33H,3-8,14-15H2,1-2H3,(H,29,30)/t24-/m0/s1. The summed E-state index contributed by atoms with van der Waals surface area (Å²) in [5, 5.41) is 14.5. The SMILES string of the molecule is CCC[C@H](O)c1cc(C)c(-c2cc3cnc(NCC4(C=O)CC4)cc3n(CC3CC3)c2=O)cn1. The van der Waals surface area contributed by atoms with Crippen LogP contribution in [0.5, 0.6) is 0 Å². The monoisotopic (exact) mass is 460 g/mol. The summed E-state index contributed by atoms with van der Waals surface area (Å²) in [6, 6.07) is 5.72. The van der Waals surface area contributed by atoms with E-state index in [9.17, 15) is 14.7 Å². The number of fused-ring (bicyclic) bond motifs is 1. The largest absolute Gasteiger partial charge is 0.387 e. The van der Waals surface area contributed by atoms with Crippen LogP contribution in [0.3, 0.4) is 0 Å². The minimum atomic E-state index is -0.593. The highest BCUT2D eigenvalue weighted by molar-refractivity contribution is 5.85.